The van der Waals surface area contributed by atoms with Crippen molar-refractivity contribution in [3.63, 3.8) is 0 Å². The summed E-state index contributed by atoms with van der Waals surface area (Å²) in [4.78, 5) is 18.9. The zero-order valence-corrected chi connectivity index (χ0v) is 15.5. The van der Waals surface area contributed by atoms with Crippen LogP contribution in [0.3, 0.4) is 0 Å². The first-order chi connectivity index (χ1) is 13.8. The van der Waals surface area contributed by atoms with Gasteiger partial charge in [0.15, 0.2) is 0 Å². The standard InChI is InChI=1S/C20H18F3N3O3/c1-11-17-14(19(28)26-8-6-12(27)7-9-26)10-16(24-18(17)29-25-11)13-4-2-3-5-15(13)20(21,22)23/h2-5,10,12,27H,6-9H2,1H3. The summed E-state index contributed by atoms with van der Waals surface area (Å²) >= 11 is 0. The van der Waals surface area contributed by atoms with Gasteiger partial charge in [0.1, 0.15) is 0 Å². The van der Waals surface area contributed by atoms with Gasteiger partial charge in [0.05, 0.1) is 34.0 Å². The van der Waals surface area contributed by atoms with Crippen LogP contribution in [0, 0.1) is 6.92 Å². The summed E-state index contributed by atoms with van der Waals surface area (Å²) in [5.41, 5.74) is -0.360. The molecule has 29 heavy (non-hydrogen) atoms. The van der Waals surface area contributed by atoms with Crippen LogP contribution >= 0.6 is 0 Å². The Hall–Kier alpha value is -2.94. The molecule has 1 N–H and O–H groups in total. The minimum atomic E-state index is -4.57. The number of amides is 1. The quantitative estimate of drug-likeness (QED) is 0.701. The predicted octanol–water partition coefficient (Wildman–Crippen LogP) is 3.81. The van der Waals surface area contributed by atoms with E-state index in [1.165, 1.54) is 24.3 Å². The van der Waals surface area contributed by atoms with Gasteiger partial charge < -0.3 is 14.5 Å². The van der Waals surface area contributed by atoms with Crippen molar-refractivity contribution >= 4 is 17.0 Å². The Kier molecular flexibility index (Phi) is 4.77. The van der Waals surface area contributed by atoms with Crippen LogP contribution < -0.4 is 0 Å². The second kappa shape index (κ2) is 7.14. The Bertz CT molecular complexity index is 1070. The minimum Gasteiger partial charge on any atom is -0.393 e. The zero-order valence-electron chi connectivity index (χ0n) is 15.5. The molecule has 0 spiro atoms. The molecule has 6 nitrogen and oxygen atoms in total. The van der Waals surface area contributed by atoms with E-state index in [1.54, 1.807) is 11.8 Å². The molecule has 1 fully saturated rings. The van der Waals surface area contributed by atoms with Crippen molar-refractivity contribution in [2.45, 2.75) is 32.0 Å². The Balaban J connectivity index is 1.86. The van der Waals surface area contributed by atoms with Crippen molar-refractivity contribution in [1.29, 1.82) is 0 Å². The lowest BCUT2D eigenvalue weighted by atomic mass is 9.99. The number of hydrogen-bond acceptors (Lipinski definition) is 5. The number of aliphatic hydroxyl groups excluding tert-OH is 1. The van der Waals surface area contributed by atoms with Crippen molar-refractivity contribution in [3.05, 3.63) is 47.2 Å². The van der Waals surface area contributed by atoms with Crippen molar-refractivity contribution in [1.82, 2.24) is 15.0 Å². The topological polar surface area (TPSA) is 79.5 Å². The van der Waals surface area contributed by atoms with Crippen LogP contribution in [-0.2, 0) is 6.18 Å². The van der Waals surface area contributed by atoms with E-state index in [-0.39, 0.29) is 28.4 Å². The summed E-state index contributed by atoms with van der Waals surface area (Å²) < 4.78 is 45.6. The first-order valence-corrected chi connectivity index (χ1v) is 9.16. The largest absolute Gasteiger partial charge is 0.417 e. The molecule has 2 aromatic heterocycles. The first kappa shape index (κ1) is 19.4. The Morgan fingerprint density at radius 1 is 1.24 bits per heavy atom. The molecule has 3 aromatic rings. The highest BCUT2D eigenvalue weighted by molar-refractivity contribution is 6.07. The monoisotopic (exact) mass is 405 g/mol. The fourth-order valence-electron chi connectivity index (χ4n) is 3.59. The van der Waals surface area contributed by atoms with Gasteiger partial charge in [-0.1, -0.05) is 23.4 Å². The summed E-state index contributed by atoms with van der Waals surface area (Å²) in [7, 11) is 0. The van der Waals surface area contributed by atoms with Gasteiger partial charge in [0.2, 0.25) is 0 Å². The smallest absolute Gasteiger partial charge is 0.393 e. The van der Waals surface area contributed by atoms with Gasteiger partial charge in [-0.15, -0.1) is 0 Å². The van der Waals surface area contributed by atoms with Gasteiger partial charge in [0.25, 0.3) is 11.6 Å². The van der Waals surface area contributed by atoms with E-state index < -0.39 is 17.8 Å². The average molecular weight is 405 g/mol. The van der Waals surface area contributed by atoms with Crippen LogP contribution in [-0.4, -0.2) is 45.2 Å². The van der Waals surface area contributed by atoms with E-state index in [2.05, 4.69) is 10.1 Å². The number of halogens is 3. The third-order valence-corrected chi connectivity index (χ3v) is 5.11. The minimum absolute atomic E-state index is 0.0115. The number of benzene rings is 1. The molecule has 1 aromatic carbocycles. The third-order valence-electron chi connectivity index (χ3n) is 5.11. The number of piperidine rings is 1. The molecule has 9 heteroatoms. The Morgan fingerprint density at radius 3 is 2.62 bits per heavy atom. The van der Waals surface area contributed by atoms with E-state index in [9.17, 15) is 23.1 Å². The normalized spacial score (nSPS) is 15.8. The number of carbonyl (C=O) groups is 1. The Morgan fingerprint density at radius 2 is 1.93 bits per heavy atom. The van der Waals surface area contributed by atoms with Gasteiger partial charge in [-0.2, -0.15) is 13.2 Å². The fraction of sp³-hybridized carbons (Fsp3) is 0.350. The number of carbonyl (C=O) groups excluding carboxylic acids is 1. The Labute approximate surface area is 163 Å². The maximum Gasteiger partial charge on any atom is 0.417 e. The van der Waals surface area contributed by atoms with Crippen LogP contribution in [0.15, 0.2) is 34.9 Å². The predicted molar refractivity (Wildman–Crippen MR) is 98.1 cm³/mol. The molecule has 0 atom stereocenters. The summed E-state index contributed by atoms with van der Waals surface area (Å²) in [5, 5.41) is 13.9. The van der Waals surface area contributed by atoms with E-state index >= 15 is 0 Å². The second-order valence-corrected chi connectivity index (χ2v) is 7.07. The molecule has 1 saturated heterocycles. The SMILES string of the molecule is Cc1noc2nc(-c3ccccc3C(F)(F)F)cc(C(=O)N3CCC(O)CC3)c12. The van der Waals surface area contributed by atoms with Crippen molar-refractivity contribution in [3.8, 4) is 11.3 Å². The molecule has 0 bridgehead atoms. The number of aryl methyl sites for hydroxylation is 1. The lowest BCUT2D eigenvalue weighted by Crippen LogP contribution is -2.40. The van der Waals surface area contributed by atoms with Crippen LogP contribution in [0.4, 0.5) is 13.2 Å². The second-order valence-electron chi connectivity index (χ2n) is 7.07. The molecule has 1 amide bonds. The summed E-state index contributed by atoms with van der Waals surface area (Å²) in [6.45, 7) is 2.37. The lowest BCUT2D eigenvalue weighted by molar-refractivity contribution is -0.137. The molecule has 0 radical (unpaired) electrons. The van der Waals surface area contributed by atoms with Gasteiger partial charge in [-0.05, 0) is 31.9 Å². The molecule has 4 rings (SSSR count). The lowest BCUT2D eigenvalue weighted by Gasteiger charge is -2.29. The maximum atomic E-state index is 13.5. The van der Waals surface area contributed by atoms with E-state index in [0.717, 1.165) is 6.07 Å². The number of pyridine rings is 1. The van der Waals surface area contributed by atoms with Crippen LogP contribution in [0.25, 0.3) is 22.4 Å². The number of nitrogens with zero attached hydrogens (tertiary/aromatic N) is 3. The van der Waals surface area contributed by atoms with Gasteiger partial charge >= 0.3 is 6.18 Å². The summed E-state index contributed by atoms with van der Waals surface area (Å²) in [6.07, 6.45) is -4.13. The zero-order chi connectivity index (χ0) is 20.8. The molecule has 3 heterocycles. The van der Waals surface area contributed by atoms with Gasteiger partial charge in [0, 0.05) is 18.7 Å². The number of aromatic nitrogens is 2. The van der Waals surface area contributed by atoms with E-state index in [0.29, 0.717) is 37.0 Å². The van der Waals surface area contributed by atoms with Crippen molar-refractivity contribution in [2.24, 2.45) is 0 Å². The molecule has 0 aliphatic carbocycles. The number of rotatable bonds is 2. The highest BCUT2D eigenvalue weighted by Gasteiger charge is 2.34. The molecule has 1 aliphatic heterocycles. The molecular weight excluding hydrogens is 387 g/mol. The fourth-order valence-corrected chi connectivity index (χ4v) is 3.59. The van der Waals surface area contributed by atoms with Crippen molar-refractivity contribution < 1.29 is 27.6 Å². The maximum absolute atomic E-state index is 13.5. The first-order valence-electron chi connectivity index (χ1n) is 9.16. The molecule has 152 valence electrons. The number of hydrogen-bond donors (Lipinski definition) is 1. The molecule has 0 saturated carbocycles. The highest BCUT2D eigenvalue weighted by Crippen LogP contribution is 2.37. The number of likely N-dealkylation sites (tertiary alicyclic amines) is 1. The van der Waals surface area contributed by atoms with E-state index in [4.69, 9.17) is 4.52 Å². The van der Waals surface area contributed by atoms with Crippen LogP contribution in [0.5, 0.6) is 0 Å². The summed E-state index contributed by atoms with van der Waals surface area (Å²) in [5.74, 6) is -0.346. The molecule has 1 aliphatic rings. The number of aliphatic hydroxyl groups is 1. The average Bonchev–Trinajstić information content (AvgIpc) is 3.08. The van der Waals surface area contributed by atoms with E-state index in [1.807, 2.05) is 0 Å². The van der Waals surface area contributed by atoms with Gasteiger partial charge in [-0.25, -0.2) is 4.98 Å². The van der Waals surface area contributed by atoms with Crippen molar-refractivity contribution in [2.75, 3.05) is 13.1 Å². The van der Waals surface area contributed by atoms with Gasteiger partial charge in [-0.3, -0.25) is 4.79 Å². The summed E-state index contributed by atoms with van der Waals surface area (Å²) in [6, 6.07) is 6.43. The molecular formula is C20H18F3N3O3. The van der Waals surface area contributed by atoms with Crippen LogP contribution in [0.2, 0.25) is 0 Å². The highest BCUT2D eigenvalue weighted by atomic mass is 19.4. The van der Waals surface area contributed by atoms with Crippen LogP contribution in [0.1, 0.15) is 34.5 Å². The number of alkyl halides is 3. The number of fused-ring (bicyclic) bond motifs is 1. The third kappa shape index (κ3) is 3.57. The molecule has 0 unspecified atom stereocenters.